The van der Waals surface area contributed by atoms with Crippen LogP contribution in [0, 0.1) is 0 Å². The van der Waals surface area contributed by atoms with Gasteiger partial charge in [-0.05, 0) is 36.4 Å². The molecule has 0 unspecified atom stereocenters. The number of rotatable bonds is 7. The number of nitrogens with one attached hydrogen (secondary N) is 1. The molecule has 28 heavy (non-hydrogen) atoms. The van der Waals surface area contributed by atoms with Gasteiger partial charge in [-0.1, -0.05) is 23.9 Å². The second-order valence-corrected chi connectivity index (χ2v) is 6.84. The van der Waals surface area contributed by atoms with Crippen LogP contribution in [0.1, 0.15) is 5.76 Å². The standard InChI is InChI=1S/C20H18N4O3S/c1-26-17-9-3-2-8-16(17)24-19-15(7-4-10-21-19)23-20(24)28-13-18(25)22-12-14-6-5-11-27-14/h2-11H,12-13H2,1H3,(H,22,25). The summed E-state index contributed by atoms with van der Waals surface area (Å²) in [6.45, 7) is 0.358. The molecular formula is C20H18N4O3S. The highest BCUT2D eigenvalue weighted by Crippen LogP contribution is 2.31. The summed E-state index contributed by atoms with van der Waals surface area (Å²) in [6.07, 6.45) is 3.30. The van der Waals surface area contributed by atoms with Crippen molar-refractivity contribution in [1.29, 1.82) is 0 Å². The number of carbonyl (C=O) groups is 1. The molecule has 0 bridgehead atoms. The van der Waals surface area contributed by atoms with Crippen molar-refractivity contribution >= 4 is 28.8 Å². The van der Waals surface area contributed by atoms with Gasteiger partial charge in [-0.15, -0.1) is 0 Å². The Hall–Kier alpha value is -3.26. The lowest BCUT2D eigenvalue weighted by molar-refractivity contribution is -0.118. The van der Waals surface area contributed by atoms with Crippen LogP contribution in [-0.4, -0.2) is 33.3 Å². The molecule has 0 spiro atoms. The topological polar surface area (TPSA) is 82.2 Å². The maximum absolute atomic E-state index is 12.2. The number of thioether (sulfide) groups is 1. The van der Waals surface area contributed by atoms with Crippen LogP contribution in [0.25, 0.3) is 16.9 Å². The van der Waals surface area contributed by atoms with Gasteiger partial charge in [-0.3, -0.25) is 9.36 Å². The van der Waals surface area contributed by atoms with E-state index < -0.39 is 0 Å². The number of hydrogen-bond acceptors (Lipinski definition) is 6. The van der Waals surface area contributed by atoms with Gasteiger partial charge in [0.15, 0.2) is 10.8 Å². The summed E-state index contributed by atoms with van der Waals surface area (Å²) >= 11 is 1.35. The normalized spacial score (nSPS) is 10.9. The summed E-state index contributed by atoms with van der Waals surface area (Å²) in [5.74, 6) is 1.53. The van der Waals surface area contributed by atoms with Crippen LogP contribution in [-0.2, 0) is 11.3 Å². The molecule has 3 heterocycles. The number of ether oxygens (including phenoxy) is 1. The Kier molecular flexibility index (Phi) is 5.29. The number of imidazole rings is 1. The summed E-state index contributed by atoms with van der Waals surface area (Å²) in [7, 11) is 1.63. The summed E-state index contributed by atoms with van der Waals surface area (Å²) in [6, 6.07) is 15.0. The first-order valence-corrected chi connectivity index (χ1v) is 9.63. The molecule has 0 aliphatic carbocycles. The maximum Gasteiger partial charge on any atom is 0.230 e. The number of benzene rings is 1. The minimum absolute atomic E-state index is 0.104. The number of amides is 1. The molecule has 0 atom stereocenters. The number of methoxy groups -OCH3 is 1. The molecule has 0 saturated heterocycles. The quantitative estimate of drug-likeness (QED) is 0.484. The molecule has 0 aliphatic rings. The number of carbonyl (C=O) groups excluding carboxylic acids is 1. The Morgan fingerprint density at radius 3 is 2.93 bits per heavy atom. The van der Waals surface area contributed by atoms with E-state index in [9.17, 15) is 4.79 Å². The van der Waals surface area contributed by atoms with Crippen LogP contribution >= 0.6 is 11.8 Å². The maximum atomic E-state index is 12.2. The predicted octanol–water partition coefficient (Wildman–Crippen LogP) is 3.43. The molecule has 4 rings (SSSR count). The van der Waals surface area contributed by atoms with Crippen molar-refractivity contribution < 1.29 is 13.9 Å². The van der Waals surface area contributed by atoms with Crippen LogP contribution in [0.3, 0.4) is 0 Å². The number of para-hydroxylation sites is 2. The number of hydrogen-bond donors (Lipinski definition) is 1. The minimum atomic E-state index is -0.104. The molecule has 142 valence electrons. The molecular weight excluding hydrogens is 376 g/mol. The minimum Gasteiger partial charge on any atom is -0.495 e. The molecule has 8 heteroatoms. The van der Waals surface area contributed by atoms with Gasteiger partial charge in [0.1, 0.15) is 17.0 Å². The first-order valence-electron chi connectivity index (χ1n) is 8.65. The largest absolute Gasteiger partial charge is 0.495 e. The monoisotopic (exact) mass is 394 g/mol. The van der Waals surface area contributed by atoms with E-state index in [-0.39, 0.29) is 11.7 Å². The fraction of sp³-hybridized carbons (Fsp3) is 0.150. The van der Waals surface area contributed by atoms with Gasteiger partial charge in [0.2, 0.25) is 5.91 Å². The second kappa shape index (κ2) is 8.18. The Morgan fingerprint density at radius 2 is 2.11 bits per heavy atom. The summed E-state index contributed by atoms with van der Waals surface area (Å²) < 4.78 is 12.6. The fourth-order valence-corrected chi connectivity index (χ4v) is 3.64. The Labute approximate surface area is 165 Å². The zero-order valence-electron chi connectivity index (χ0n) is 15.2. The van der Waals surface area contributed by atoms with E-state index in [1.165, 1.54) is 11.8 Å². The SMILES string of the molecule is COc1ccccc1-n1c(SCC(=O)NCc2ccco2)nc2cccnc21. The first-order chi connectivity index (χ1) is 13.8. The number of pyridine rings is 1. The van der Waals surface area contributed by atoms with Gasteiger partial charge in [-0.2, -0.15) is 0 Å². The van der Waals surface area contributed by atoms with Crippen LogP contribution in [0.4, 0.5) is 0 Å². The third-order valence-corrected chi connectivity index (χ3v) is 5.02. The Morgan fingerprint density at radius 1 is 1.21 bits per heavy atom. The van der Waals surface area contributed by atoms with Gasteiger partial charge < -0.3 is 14.5 Å². The third-order valence-electron chi connectivity index (χ3n) is 4.08. The zero-order chi connectivity index (χ0) is 19.3. The molecule has 7 nitrogen and oxygen atoms in total. The van der Waals surface area contributed by atoms with E-state index in [0.29, 0.717) is 28.9 Å². The average Bonchev–Trinajstić information content (AvgIpc) is 3.38. The Bertz CT molecular complexity index is 1090. The molecule has 3 aromatic heterocycles. The van der Waals surface area contributed by atoms with Crippen LogP contribution in [0.2, 0.25) is 0 Å². The highest BCUT2D eigenvalue weighted by molar-refractivity contribution is 7.99. The van der Waals surface area contributed by atoms with Crippen molar-refractivity contribution in [2.75, 3.05) is 12.9 Å². The van der Waals surface area contributed by atoms with Crippen LogP contribution in [0.5, 0.6) is 5.75 Å². The van der Waals surface area contributed by atoms with E-state index in [0.717, 1.165) is 11.2 Å². The average molecular weight is 394 g/mol. The van der Waals surface area contributed by atoms with E-state index in [1.54, 1.807) is 25.6 Å². The molecule has 0 fully saturated rings. The number of nitrogens with zero attached hydrogens (tertiary/aromatic N) is 3. The van der Waals surface area contributed by atoms with Crippen molar-refractivity contribution in [2.24, 2.45) is 0 Å². The second-order valence-electron chi connectivity index (χ2n) is 5.89. The Balaban J connectivity index is 1.59. The van der Waals surface area contributed by atoms with Crippen molar-refractivity contribution in [3.05, 3.63) is 66.8 Å². The summed E-state index contributed by atoms with van der Waals surface area (Å²) in [5.41, 5.74) is 2.29. The third kappa shape index (κ3) is 3.72. The van der Waals surface area contributed by atoms with Crippen molar-refractivity contribution in [3.8, 4) is 11.4 Å². The van der Waals surface area contributed by atoms with E-state index in [2.05, 4.69) is 15.3 Å². The lowest BCUT2D eigenvalue weighted by Gasteiger charge is -2.12. The van der Waals surface area contributed by atoms with Crippen LogP contribution in [0.15, 0.2) is 70.6 Å². The summed E-state index contributed by atoms with van der Waals surface area (Å²) in [5, 5.41) is 3.51. The smallest absolute Gasteiger partial charge is 0.230 e. The van der Waals surface area contributed by atoms with Gasteiger partial charge in [0.25, 0.3) is 0 Å². The number of furan rings is 1. The van der Waals surface area contributed by atoms with Crippen molar-refractivity contribution in [2.45, 2.75) is 11.7 Å². The van der Waals surface area contributed by atoms with Crippen LogP contribution < -0.4 is 10.1 Å². The highest BCUT2D eigenvalue weighted by atomic mass is 32.2. The molecule has 1 N–H and O–H groups in total. The van der Waals surface area contributed by atoms with E-state index in [1.807, 2.05) is 47.0 Å². The number of aromatic nitrogens is 3. The summed E-state index contributed by atoms with van der Waals surface area (Å²) in [4.78, 5) is 21.4. The molecule has 0 saturated carbocycles. The number of fused-ring (bicyclic) bond motifs is 1. The lowest BCUT2D eigenvalue weighted by atomic mass is 10.3. The van der Waals surface area contributed by atoms with E-state index in [4.69, 9.17) is 9.15 Å². The zero-order valence-corrected chi connectivity index (χ0v) is 16.0. The molecule has 4 aromatic rings. The van der Waals surface area contributed by atoms with E-state index >= 15 is 0 Å². The molecule has 1 amide bonds. The lowest BCUT2D eigenvalue weighted by Crippen LogP contribution is -2.24. The molecule has 0 radical (unpaired) electrons. The fourth-order valence-electron chi connectivity index (χ4n) is 2.80. The van der Waals surface area contributed by atoms with Gasteiger partial charge >= 0.3 is 0 Å². The molecule has 1 aromatic carbocycles. The van der Waals surface area contributed by atoms with Crippen molar-refractivity contribution in [3.63, 3.8) is 0 Å². The van der Waals surface area contributed by atoms with Gasteiger partial charge in [-0.25, -0.2) is 9.97 Å². The highest BCUT2D eigenvalue weighted by Gasteiger charge is 2.17. The van der Waals surface area contributed by atoms with Gasteiger partial charge in [0.05, 0.1) is 31.4 Å². The first kappa shape index (κ1) is 18.1. The van der Waals surface area contributed by atoms with Crippen molar-refractivity contribution in [1.82, 2.24) is 19.9 Å². The molecule has 0 aliphatic heterocycles. The predicted molar refractivity (Wildman–Crippen MR) is 107 cm³/mol. The van der Waals surface area contributed by atoms with Gasteiger partial charge in [0, 0.05) is 6.20 Å².